The van der Waals surface area contributed by atoms with Crippen molar-refractivity contribution < 1.29 is 14.4 Å². The zero-order valence-electron chi connectivity index (χ0n) is 17.3. The average molecular weight is 370 g/mol. The van der Waals surface area contributed by atoms with Gasteiger partial charge < -0.3 is 4.90 Å². The number of hydrogen-bond acceptors (Lipinski definition) is 3. The van der Waals surface area contributed by atoms with Crippen LogP contribution in [0.15, 0.2) is 18.2 Å². The molecule has 0 N–H and O–H groups in total. The molecule has 146 valence electrons. The fourth-order valence-electron chi connectivity index (χ4n) is 3.59. The third-order valence-electron chi connectivity index (χ3n) is 5.52. The molecule has 3 rings (SSSR count). The smallest absolute Gasteiger partial charge is 0.254 e. The van der Waals surface area contributed by atoms with Crippen molar-refractivity contribution in [3.8, 4) is 0 Å². The van der Waals surface area contributed by atoms with Crippen LogP contribution in [0, 0.1) is 0 Å². The highest BCUT2D eigenvalue weighted by molar-refractivity contribution is 6.03. The van der Waals surface area contributed by atoms with Crippen molar-refractivity contribution in [3.05, 3.63) is 34.9 Å². The molecule has 2 fully saturated rings. The van der Waals surface area contributed by atoms with Crippen molar-refractivity contribution >= 4 is 17.7 Å². The molecule has 0 spiro atoms. The van der Waals surface area contributed by atoms with E-state index in [1.807, 2.05) is 12.1 Å². The SMILES string of the molecule is CC(C)(C)c1cc(C(=O)N2CC(N3C(=O)CCC3=O)C2)cc(C(C)(C)C)c1. The van der Waals surface area contributed by atoms with Gasteiger partial charge in [-0.1, -0.05) is 47.6 Å². The van der Waals surface area contributed by atoms with Crippen molar-refractivity contribution in [2.24, 2.45) is 0 Å². The van der Waals surface area contributed by atoms with Gasteiger partial charge in [0.1, 0.15) is 0 Å². The molecule has 0 saturated carbocycles. The van der Waals surface area contributed by atoms with Gasteiger partial charge in [0.05, 0.1) is 6.04 Å². The van der Waals surface area contributed by atoms with Crippen LogP contribution in [-0.2, 0) is 20.4 Å². The molecular formula is C22H30N2O3. The monoisotopic (exact) mass is 370 g/mol. The Bertz CT molecular complexity index is 745. The summed E-state index contributed by atoms with van der Waals surface area (Å²) in [7, 11) is 0. The largest absolute Gasteiger partial charge is 0.334 e. The third kappa shape index (κ3) is 3.78. The molecule has 0 aliphatic carbocycles. The van der Waals surface area contributed by atoms with E-state index in [-0.39, 0.29) is 34.6 Å². The number of rotatable bonds is 2. The summed E-state index contributed by atoms with van der Waals surface area (Å²) in [6, 6.07) is 6.00. The predicted octanol–water partition coefficient (Wildman–Crippen LogP) is 3.26. The van der Waals surface area contributed by atoms with Crippen LogP contribution in [-0.4, -0.2) is 46.7 Å². The zero-order chi connectivity index (χ0) is 20.1. The van der Waals surface area contributed by atoms with Gasteiger partial charge in [0, 0.05) is 31.5 Å². The first-order chi connectivity index (χ1) is 12.4. The molecule has 0 aromatic heterocycles. The molecule has 0 atom stereocenters. The van der Waals surface area contributed by atoms with E-state index in [0.717, 1.165) is 11.1 Å². The summed E-state index contributed by atoms with van der Waals surface area (Å²) >= 11 is 0. The lowest BCUT2D eigenvalue weighted by atomic mass is 9.79. The van der Waals surface area contributed by atoms with Gasteiger partial charge in [0.15, 0.2) is 0 Å². The maximum Gasteiger partial charge on any atom is 0.254 e. The van der Waals surface area contributed by atoms with E-state index in [0.29, 0.717) is 31.5 Å². The van der Waals surface area contributed by atoms with Crippen LogP contribution >= 0.6 is 0 Å². The quantitative estimate of drug-likeness (QED) is 0.751. The average Bonchev–Trinajstić information content (AvgIpc) is 2.83. The molecule has 0 bridgehead atoms. The first kappa shape index (κ1) is 19.6. The topological polar surface area (TPSA) is 57.7 Å². The maximum atomic E-state index is 13.0. The van der Waals surface area contributed by atoms with Gasteiger partial charge in [-0.15, -0.1) is 0 Å². The van der Waals surface area contributed by atoms with E-state index in [4.69, 9.17) is 0 Å². The first-order valence-corrected chi connectivity index (χ1v) is 9.68. The fourth-order valence-corrected chi connectivity index (χ4v) is 3.59. The Balaban J connectivity index is 1.81. The second-order valence-corrected chi connectivity index (χ2v) is 9.82. The lowest BCUT2D eigenvalue weighted by Gasteiger charge is -2.43. The Morgan fingerprint density at radius 3 is 1.70 bits per heavy atom. The van der Waals surface area contributed by atoms with Crippen LogP contribution in [0.1, 0.15) is 75.9 Å². The Morgan fingerprint density at radius 1 is 0.852 bits per heavy atom. The van der Waals surface area contributed by atoms with Crippen LogP contribution in [0.25, 0.3) is 0 Å². The van der Waals surface area contributed by atoms with Gasteiger partial charge in [-0.2, -0.15) is 0 Å². The summed E-state index contributed by atoms with van der Waals surface area (Å²) in [5, 5.41) is 0. The lowest BCUT2D eigenvalue weighted by molar-refractivity contribution is -0.144. The molecule has 1 aromatic carbocycles. The lowest BCUT2D eigenvalue weighted by Crippen LogP contribution is -2.62. The van der Waals surface area contributed by atoms with E-state index >= 15 is 0 Å². The van der Waals surface area contributed by atoms with Crippen LogP contribution in [0.2, 0.25) is 0 Å². The Kier molecular flexibility index (Phi) is 4.69. The normalized spacial score (nSPS) is 18.9. The van der Waals surface area contributed by atoms with Crippen LogP contribution in [0.3, 0.4) is 0 Å². The van der Waals surface area contributed by atoms with Gasteiger partial charge in [-0.25, -0.2) is 0 Å². The molecule has 0 unspecified atom stereocenters. The standard InChI is InChI=1S/C22H30N2O3/c1-21(2,3)15-9-14(10-16(11-15)22(4,5)6)20(27)23-12-17(13-23)24-18(25)7-8-19(24)26/h9-11,17H,7-8,12-13H2,1-6H3. The van der Waals surface area contributed by atoms with Crippen LogP contribution in [0.4, 0.5) is 0 Å². The van der Waals surface area contributed by atoms with Crippen molar-refractivity contribution in [1.29, 1.82) is 0 Å². The third-order valence-corrected chi connectivity index (χ3v) is 5.52. The first-order valence-electron chi connectivity index (χ1n) is 9.68. The maximum absolute atomic E-state index is 13.0. The van der Waals surface area contributed by atoms with Gasteiger partial charge in [0.25, 0.3) is 5.91 Å². The number of hydrogen-bond donors (Lipinski definition) is 0. The second kappa shape index (κ2) is 6.47. The highest BCUT2D eigenvalue weighted by atomic mass is 16.2. The van der Waals surface area contributed by atoms with Crippen molar-refractivity contribution in [2.75, 3.05) is 13.1 Å². The summed E-state index contributed by atoms with van der Waals surface area (Å²) in [5.74, 6) is -0.245. The summed E-state index contributed by atoms with van der Waals surface area (Å²) in [6.45, 7) is 13.7. The van der Waals surface area contributed by atoms with Gasteiger partial charge in [0.2, 0.25) is 11.8 Å². The number of benzene rings is 1. The Hall–Kier alpha value is -2.17. The van der Waals surface area contributed by atoms with E-state index in [9.17, 15) is 14.4 Å². The van der Waals surface area contributed by atoms with Crippen molar-refractivity contribution in [2.45, 2.75) is 71.3 Å². The Morgan fingerprint density at radius 2 is 1.30 bits per heavy atom. The van der Waals surface area contributed by atoms with Crippen LogP contribution < -0.4 is 0 Å². The number of amides is 3. The second-order valence-electron chi connectivity index (χ2n) is 9.82. The number of nitrogens with zero attached hydrogens (tertiary/aromatic N) is 2. The van der Waals surface area contributed by atoms with Gasteiger partial charge in [-0.05, 0) is 34.1 Å². The molecule has 0 radical (unpaired) electrons. The molecule has 2 saturated heterocycles. The summed E-state index contributed by atoms with van der Waals surface area (Å²) in [6.07, 6.45) is 0.595. The highest BCUT2D eigenvalue weighted by Gasteiger charge is 2.43. The molecular weight excluding hydrogens is 340 g/mol. The highest BCUT2D eigenvalue weighted by Crippen LogP contribution is 2.31. The molecule has 5 nitrogen and oxygen atoms in total. The summed E-state index contributed by atoms with van der Waals surface area (Å²) < 4.78 is 0. The number of carbonyl (C=O) groups excluding carboxylic acids is 3. The van der Waals surface area contributed by atoms with E-state index in [1.165, 1.54) is 4.90 Å². The molecule has 27 heavy (non-hydrogen) atoms. The number of imide groups is 1. The predicted molar refractivity (Wildman–Crippen MR) is 105 cm³/mol. The summed E-state index contributed by atoms with van der Waals surface area (Å²) in [5.41, 5.74) is 2.86. The molecule has 1 aromatic rings. The van der Waals surface area contributed by atoms with Crippen molar-refractivity contribution in [3.63, 3.8) is 0 Å². The minimum Gasteiger partial charge on any atom is -0.334 e. The van der Waals surface area contributed by atoms with Crippen LogP contribution in [0.5, 0.6) is 0 Å². The molecule has 2 aliphatic heterocycles. The van der Waals surface area contributed by atoms with E-state index in [2.05, 4.69) is 47.6 Å². The number of carbonyl (C=O) groups is 3. The number of likely N-dealkylation sites (tertiary alicyclic amines) is 2. The molecule has 5 heteroatoms. The van der Waals surface area contributed by atoms with Crippen molar-refractivity contribution in [1.82, 2.24) is 9.80 Å². The Labute approximate surface area is 161 Å². The molecule has 2 heterocycles. The van der Waals surface area contributed by atoms with Gasteiger partial charge >= 0.3 is 0 Å². The molecule has 2 aliphatic rings. The minimum atomic E-state index is -0.163. The fraction of sp³-hybridized carbons (Fsp3) is 0.591. The molecule has 3 amide bonds. The summed E-state index contributed by atoms with van der Waals surface area (Å²) in [4.78, 5) is 39.9. The zero-order valence-corrected chi connectivity index (χ0v) is 17.3. The van der Waals surface area contributed by atoms with E-state index < -0.39 is 0 Å². The van der Waals surface area contributed by atoms with Gasteiger partial charge in [-0.3, -0.25) is 19.3 Å². The minimum absolute atomic E-state index is 0.0260. The van der Waals surface area contributed by atoms with E-state index in [1.54, 1.807) is 4.90 Å².